The van der Waals surface area contributed by atoms with Crippen molar-refractivity contribution < 1.29 is 4.42 Å². The van der Waals surface area contributed by atoms with Gasteiger partial charge in [-0.3, -0.25) is 0 Å². The summed E-state index contributed by atoms with van der Waals surface area (Å²) in [5.74, 6) is 0. The number of halogens is 1. The average molecular weight is 300 g/mol. The van der Waals surface area contributed by atoms with Crippen molar-refractivity contribution >= 4 is 22.6 Å². The van der Waals surface area contributed by atoms with Crippen molar-refractivity contribution in [3.8, 4) is 0 Å². The zero-order valence-electron chi connectivity index (χ0n) is 12.0. The maximum atomic E-state index is 6.09. The second kappa shape index (κ2) is 6.33. The Morgan fingerprint density at radius 3 is 2.81 bits per heavy atom. The number of fused-ring (bicyclic) bond motifs is 1. The van der Waals surface area contributed by atoms with E-state index in [-0.39, 0.29) is 6.04 Å². The van der Waals surface area contributed by atoms with Crippen molar-refractivity contribution in [2.24, 2.45) is 0 Å². The minimum atomic E-state index is 0.220. The second-order valence-electron chi connectivity index (χ2n) is 5.13. The molecule has 0 saturated heterocycles. The Kier molecular flexibility index (Phi) is 4.28. The van der Waals surface area contributed by atoms with Crippen molar-refractivity contribution in [3.05, 3.63) is 70.9 Å². The van der Waals surface area contributed by atoms with Crippen molar-refractivity contribution in [3.63, 3.8) is 0 Å². The van der Waals surface area contributed by atoms with Crippen LogP contribution < -0.4 is 5.32 Å². The summed E-state index contributed by atoms with van der Waals surface area (Å²) in [6.45, 7) is 3.03. The largest absolute Gasteiger partial charge is 0.464 e. The molecule has 0 aliphatic carbocycles. The summed E-state index contributed by atoms with van der Waals surface area (Å²) in [5, 5.41) is 5.49. The van der Waals surface area contributed by atoms with Gasteiger partial charge in [0.15, 0.2) is 0 Å². The molecule has 1 atom stereocenters. The minimum Gasteiger partial charge on any atom is -0.464 e. The van der Waals surface area contributed by atoms with Gasteiger partial charge in [-0.25, -0.2) is 0 Å². The molecule has 1 N–H and O–H groups in total. The molecule has 0 fully saturated rings. The van der Waals surface area contributed by atoms with Gasteiger partial charge >= 0.3 is 0 Å². The van der Waals surface area contributed by atoms with E-state index < -0.39 is 0 Å². The predicted molar refractivity (Wildman–Crippen MR) is 87.8 cm³/mol. The number of hydrogen-bond donors (Lipinski definition) is 1. The number of furan rings is 1. The van der Waals surface area contributed by atoms with E-state index in [2.05, 4.69) is 24.4 Å². The topological polar surface area (TPSA) is 25.2 Å². The first-order valence-corrected chi connectivity index (χ1v) is 7.59. The Morgan fingerprint density at radius 1 is 1.14 bits per heavy atom. The third-order valence-corrected chi connectivity index (χ3v) is 3.90. The molecule has 1 heterocycles. The first-order valence-electron chi connectivity index (χ1n) is 7.22. The molecule has 1 aromatic heterocycles. The fourth-order valence-corrected chi connectivity index (χ4v) is 2.92. The highest BCUT2D eigenvalue weighted by atomic mass is 35.5. The predicted octanol–water partition coefficient (Wildman–Crippen LogP) is 4.98. The summed E-state index contributed by atoms with van der Waals surface area (Å²) in [5.41, 5.74) is 3.35. The molecule has 3 heteroatoms. The number of nitrogens with one attached hydrogen (secondary N) is 1. The molecule has 0 spiro atoms. The Hall–Kier alpha value is -1.77. The van der Waals surface area contributed by atoms with Crippen molar-refractivity contribution in [2.75, 3.05) is 6.54 Å². The highest BCUT2D eigenvalue weighted by Crippen LogP contribution is 2.29. The van der Waals surface area contributed by atoms with Crippen LogP contribution in [0.15, 0.2) is 59.2 Å². The van der Waals surface area contributed by atoms with Gasteiger partial charge in [0.2, 0.25) is 0 Å². The van der Waals surface area contributed by atoms with Crippen LogP contribution in [0.3, 0.4) is 0 Å². The van der Waals surface area contributed by atoms with Gasteiger partial charge in [0, 0.05) is 22.0 Å². The van der Waals surface area contributed by atoms with E-state index in [1.54, 1.807) is 0 Å². The molecule has 3 aromatic rings. The maximum absolute atomic E-state index is 6.09. The van der Waals surface area contributed by atoms with Crippen LogP contribution in [-0.2, 0) is 6.42 Å². The van der Waals surface area contributed by atoms with Gasteiger partial charge in [0.1, 0.15) is 5.58 Å². The third kappa shape index (κ3) is 3.12. The van der Waals surface area contributed by atoms with Crippen molar-refractivity contribution in [1.82, 2.24) is 5.32 Å². The fourth-order valence-electron chi connectivity index (χ4n) is 2.71. The van der Waals surface area contributed by atoms with E-state index in [0.717, 1.165) is 23.6 Å². The molecule has 0 aliphatic rings. The minimum absolute atomic E-state index is 0.220. The van der Waals surface area contributed by atoms with Gasteiger partial charge in [-0.2, -0.15) is 0 Å². The normalized spacial score (nSPS) is 12.7. The summed E-state index contributed by atoms with van der Waals surface area (Å²) in [7, 11) is 0. The second-order valence-corrected chi connectivity index (χ2v) is 5.57. The van der Waals surface area contributed by atoms with Gasteiger partial charge in [-0.15, -0.1) is 0 Å². The average Bonchev–Trinajstić information content (AvgIpc) is 2.91. The lowest BCUT2D eigenvalue weighted by atomic mass is 9.98. The summed E-state index contributed by atoms with van der Waals surface area (Å²) >= 11 is 6.09. The zero-order valence-corrected chi connectivity index (χ0v) is 12.7. The summed E-state index contributed by atoms with van der Waals surface area (Å²) < 4.78 is 5.67. The Labute approximate surface area is 129 Å². The third-order valence-electron chi connectivity index (χ3n) is 3.67. The molecular weight excluding hydrogens is 282 g/mol. The quantitative estimate of drug-likeness (QED) is 0.719. The number of benzene rings is 2. The number of hydrogen-bond acceptors (Lipinski definition) is 2. The highest BCUT2D eigenvalue weighted by molar-refractivity contribution is 6.30. The van der Waals surface area contributed by atoms with Crippen LogP contribution in [0, 0.1) is 0 Å². The maximum Gasteiger partial charge on any atom is 0.134 e. The molecule has 21 heavy (non-hydrogen) atoms. The van der Waals surface area contributed by atoms with Crippen LogP contribution in [-0.4, -0.2) is 6.54 Å². The van der Waals surface area contributed by atoms with Gasteiger partial charge < -0.3 is 9.73 Å². The lowest BCUT2D eigenvalue weighted by Gasteiger charge is -2.17. The Balaban J connectivity index is 1.94. The van der Waals surface area contributed by atoms with Crippen LogP contribution in [0.4, 0.5) is 0 Å². The van der Waals surface area contributed by atoms with E-state index in [1.165, 1.54) is 16.5 Å². The Morgan fingerprint density at radius 2 is 2.00 bits per heavy atom. The van der Waals surface area contributed by atoms with Crippen LogP contribution >= 0.6 is 11.6 Å². The van der Waals surface area contributed by atoms with E-state index in [9.17, 15) is 0 Å². The van der Waals surface area contributed by atoms with Crippen molar-refractivity contribution in [2.45, 2.75) is 19.4 Å². The first kappa shape index (κ1) is 14.2. The molecular formula is C18H18ClNO. The van der Waals surface area contributed by atoms with E-state index in [4.69, 9.17) is 16.0 Å². The molecule has 0 bridgehead atoms. The molecule has 0 amide bonds. The zero-order chi connectivity index (χ0) is 14.7. The molecule has 0 aliphatic heterocycles. The van der Waals surface area contributed by atoms with Crippen molar-refractivity contribution in [1.29, 1.82) is 0 Å². The summed E-state index contributed by atoms with van der Waals surface area (Å²) in [6.07, 6.45) is 2.75. The van der Waals surface area contributed by atoms with Crippen LogP contribution in [0.5, 0.6) is 0 Å². The van der Waals surface area contributed by atoms with Gasteiger partial charge in [-0.05, 0) is 36.7 Å². The fraction of sp³-hybridized carbons (Fsp3) is 0.222. The Bertz CT molecular complexity index is 735. The van der Waals surface area contributed by atoms with Gasteiger partial charge in [0.25, 0.3) is 0 Å². The summed E-state index contributed by atoms with van der Waals surface area (Å²) in [6, 6.07) is 16.4. The lowest BCUT2D eigenvalue weighted by molar-refractivity contribution is 0.535. The molecule has 3 rings (SSSR count). The van der Waals surface area contributed by atoms with Crippen LogP contribution in [0.25, 0.3) is 11.0 Å². The highest BCUT2D eigenvalue weighted by Gasteiger charge is 2.16. The number of para-hydroxylation sites is 1. The molecule has 0 radical (unpaired) electrons. The molecule has 0 saturated carbocycles. The van der Waals surface area contributed by atoms with E-state index in [1.807, 2.05) is 42.7 Å². The summed E-state index contributed by atoms with van der Waals surface area (Å²) in [4.78, 5) is 0. The van der Waals surface area contributed by atoms with Gasteiger partial charge in [-0.1, -0.05) is 48.9 Å². The standard InChI is InChI=1S/C18H18ClNO/c1-2-20-17(11-13-6-5-7-14(19)10-13)16-12-21-18-9-4-3-8-15(16)18/h3-10,12,17,20H,2,11H2,1H3. The lowest BCUT2D eigenvalue weighted by Crippen LogP contribution is -2.22. The monoisotopic (exact) mass is 299 g/mol. The number of likely N-dealkylation sites (N-methyl/N-ethyl adjacent to an activating group) is 1. The van der Waals surface area contributed by atoms with E-state index in [0.29, 0.717) is 0 Å². The number of rotatable bonds is 5. The van der Waals surface area contributed by atoms with Gasteiger partial charge in [0.05, 0.1) is 6.26 Å². The molecule has 1 unspecified atom stereocenters. The van der Waals surface area contributed by atoms with E-state index >= 15 is 0 Å². The SMILES string of the molecule is CCNC(Cc1cccc(Cl)c1)c1coc2ccccc12. The molecule has 2 aromatic carbocycles. The van der Waals surface area contributed by atoms with Crippen LogP contribution in [0.1, 0.15) is 24.1 Å². The van der Waals surface area contributed by atoms with Crippen LogP contribution in [0.2, 0.25) is 5.02 Å². The molecule has 108 valence electrons. The first-order chi connectivity index (χ1) is 10.3. The molecule has 2 nitrogen and oxygen atoms in total. The smallest absolute Gasteiger partial charge is 0.134 e.